The van der Waals surface area contributed by atoms with Gasteiger partial charge in [-0.05, 0) is 38.3 Å². The smallest absolute Gasteiger partial charge is 0.209 e. The molecule has 2 rings (SSSR count). The lowest BCUT2D eigenvalue weighted by Crippen LogP contribution is -3.00. The largest absolute Gasteiger partial charge is 1.00 e. The molecule has 2 heteroatoms. The van der Waals surface area contributed by atoms with Gasteiger partial charge in [0.05, 0.1) is 5.41 Å². The molecule has 0 aliphatic carbocycles. The summed E-state index contributed by atoms with van der Waals surface area (Å²) in [6.45, 7) is 9.15. The van der Waals surface area contributed by atoms with Crippen LogP contribution in [0.1, 0.15) is 51.7 Å². The van der Waals surface area contributed by atoms with Crippen molar-refractivity contribution in [3.63, 3.8) is 0 Å². The molecule has 100 valence electrons. The molecule has 1 aliphatic rings. The van der Waals surface area contributed by atoms with Crippen molar-refractivity contribution in [1.29, 1.82) is 0 Å². The summed E-state index contributed by atoms with van der Waals surface area (Å²) < 4.78 is 2.33. The highest BCUT2D eigenvalue weighted by Gasteiger charge is 2.41. The summed E-state index contributed by atoms with van der Waals surface area (Å²) in [5.74, 6) is 0. The minimum atomic E-state index is 0. The SMILES string of the molecule is CCCCc1ccc2c(c1)C(C)(C)C(C)=[N+]2C.[I-]. The van der Waals surface area contributed by atoms with E-state index in [4.69, 9.17) is 0 Å². The van der Waals surface area contributed by atoms with Crippen molar-refractivity contribution in [1.82, 2.24) is 0 Å². The van der Waals surface area contributed by atoms with Crippen molar-refractivity contribution in [2.75, 3.05) is 7.05 Å². The standard InChI is InChI=1S/C16H24N.HI/c1-6-7-8-13-9-10-15-14(11-13)16(3,4)12(2)17(15)5;/h9-11H,6-8H2,1-5H3;1H/q+1;/p-1. The molecule has 0 spiro atoms. The Morgan fingerprint density at radius 3 is 2.50 bits per heavy atom. The number of hydrogen-bond donors (Lipinski definition) is 0. The highest BCUT2D eigenvalue weighted by Crippen LogP contribution is 2.39. The Kier molecular flexibility index (Phi) is 4.98. The molecule has 0 aromatic heterocycles. The summed E-state index contributed by atoms with van der Waals surface area (Å²) in [5, 5.41) is 0. The number of hydrogen-bond acceptors (Lipinski definition) is 0. The Morgan fingerprint density at radius 2 is 1.89 bits per heavy atom. The summed E-state index contributed by atoms with van der Waals surface area (Å²) in [5.41, 5.74) is 5.99. The van der Waals surface area contributed by atoms with Gasteiger partial charge in [0.2, 0.25) is 5.69 Å². The van der Waals surface area contributed by atoms with Gasteiger partial charge in [0.15, 0.2) is 5.71 Å². The van der Waals surface area contributed by atoms with Gasteiger partial charge in [0, 0.05) is 18.6 Å². The first-order valence-corrected chi connectivity index (χ1v) is 6.69. The summed E-state index contributed by atoms with van der Waals surface area (Å²) in [7, 11) is 2.18. The van der Waals surface area contributed by atoms with Gasteiger partial charge in [-0.3, -0.25) is 0 Å². The summed E-state index contributed by atoms with van der Waals surface area (Å²) in [6.07, 6.45) is 3.77. The molecular formula is C16H24IN. The van der Waals surface area contributed by atoms with E-state index in [1.165, 1.54) is 41.8 Å². The molecule has 0 unspecified atom stereocenters. The molecule has 0 amide bonds. The van der Waals surface area contributed by atoms with Crippen molar-refractivity contribution in [3.05, 3.63) is 29.3 Å². The third-order valence-electron chi connectivity index (χ3n) is 4.32. The molecule has 0 fully saturated rings. The molecule has 0 radical (unpaired) electrons. The Balaban J connectivity index is 0.00000162. The fraction of sp³-hybridized carbons (Fsp3) is 0.562. The third-order valence-corrected chi connectivity index (χ3v) is 4.32. The minimum absolute atomic E-state index is 0. The highest BCUT2D eigenvalue weighted by molar-refractivity contribution is 5.93. The zero-order chi connectivity index (χ0) is 12.6. The lowest BCUT2D eigenvalue weighted by Gasteiger charge is -2.15. The van der Waals surface area contributed by atoms with E-state index < -0.39 is 0 Å². The number of halogens is 1. The first kappa shape index (κ1) is 15.7. The van der Waals surface area contributed by atoms with Gasteiger partial charge in [-0.15, -0.1) is 0 Å². The number of fused-ring (bicyclic) bond motifs is 1. The van der Waals surface area contributed by atoms with E-state index in [2.05, 4.69) is 57.5 Å². The molecule has 0 saturated carbocycles. The average molecular weight is 357 g/mol. The van der Waals surface area contributed by atoms with E-state index in [1.54, 1.807) is 0 Å². The molecule has 1 nitrogen and oxygen atoms in total. The summed E-state index contributed by atoms with van der Waals surface area (Å²) >= 11 is 0. The molecule has 0 saturated heterocycles. The predicted octanol–water partition coefficient (Wildman–Crippen LogP) is 1.06. The van der Waals surface area contributed by atoms with Gasteiger partial charge in [0.25, 0.3) is 0 Å². The first-order chi connectivity index (χ1) is 7.98. The van der Waals surface area contributed by atoms with E-state index in [9.17, 15) is 0 Å². The van der Waals surface area contributed by atoms with Crippen LogP contribution in [0.4, 0.5) is 5.69 Å². The Hall–Kier alpha value is -0.380. The molecule has 0 N–H and O–H groups in total. The van der Waals surface area contributed by atoms with Crippen molar-refractivity contribution >= 4 is 11.4 Å². The second-order valence-electron chi connectivity index (χ2n) is 5.72. The Labute approximate surface area is 128 Å². The third kappa shape index (κ3) is 2.49. The average Bonchev–Trinajstić information content (AvgIpc) is 2.49. The Morgan fingerprint density at radius 1 is 1.22 bits per heavy atom. The fourth-order valence-electron chi connectivity index (χ4n) is 2.71. The van der Waals surface area contributed by atoms with Crippen molar-refractivity contribution < 1.29 is 28.6 Å². The molecule has 0 bridgehead atoms. The number of rotatable bonds is 3. The van der Waals surface area contributed by atoms with Gasteiger partial charge in [-0.25, -0.2) is 4.58 Å². The summed E-state index contributed by atoms with van der Waals surface area (Å²) in [6, 6.07) is 7.00. The lowest BCUT2D eigenvalue weighted by atomic mass is 9.81. The van der Waals surface area contributed by atoms with Crippen LogP contribution in [0.3, 0.4) is 0 Å². The normalized spacial score (nSPS) is 16.5. The second-order valence-corrected chi connectivity index (χ2v) is 5.72. The quantitative estimate of drug-likeness (QED) is 0.562. The van der Waals surface area contributed by atoms with Gasteiger partial charge < -0.3 is 24.0 Å². The number of aryl methyl sites for hydroxylation is 1. The van der Waals surface area contributed by atoms with Gasteiger partial charge >= 0.3 is 0 Å². The van der Waals surface area contributed by atoms with Crippen LogP contribution in [0.25, 0.3) is 0 Å². The molecule has 1 aliphatic heterocycles. The predicted molar refractivity (Wildman–Crippen MR) is 74.6 cm³/mol. The van der Waals surface area contributed by atoms with E-state index in [0.29, 0.717) is 0 Å². The van der Waals surface area contributed by atoms with Crippen LogP contribution < -0.4 is 24.0 Å². The van der Waals surface area contributed by atoms with E-state index in [0.717, 1.165) is 0 Å². The molecule has 1 heterocycles. The van der Waals surface area contributed by atoms with Gasteiger partial charge in [-0.1, -0.05) is 19.4 Å². The van der Waals surface area contributed by atoms with E-state index >= 15 is 0 Å². The van der Waals surface area contributed by atoms with Crippen LogP contribution in [0.2, 0.25) is 0 Å². The van der Waals surface area contributed by atoms with Crippen LogP contribution in [0.15, 0.2) is 18.2 Å². The minimum Gasteiger partial charge on any atom is -1.00 e. The van der Waals surface area contributed by atoms with Crippen molar-refractivity contribution in [2.45, 2.75) is 52.4 Å². The number of nitrogens with zero attached hydrogens (tertiary/aromatic N) is 1. The highest BCUT2D eigenvalue weighted by atomic mass is 127. The maximum Gasteiger partial charge on any atom is 0.209 e. The number of unbranched alkanes of at least 4 members (excludes halogenated alkanes) is 1. The van der Waals surface area contributed by atoms with E-state index in [-0.39, 0.29) is 29.4 Å². The molecule has 0 atom stereocenters. The molecule has 1 aromatic rings. The fourth-order valence-corrected chi connectivity index (χ4v) is 2.71. The maximum atomic E-state index is 2.41. The van der Waals surface area contributed by atoms with Crippen LogP contribution >= 0.6 is 0 Å². The van der Waals surface area contributed by atoms with Crippen molar-refractivity contribution in [3.8, 4) is 0 Å². The number of benzene rings is 1. The van der Waals surface area contributed by atoms with Crippen LogP contribution in [0, 0.1) is 0 Å². The van der Waals surface area contributed by atoms with Crippen molar-refractivity contribution in [2.24, 2.45) is 0 Å². The first-order valence-electron chi connectivity index (χ1n) is 6.69. The van der Waals surface area contributed by atoms with Gasteiger partial charge in [-0.2, -0.15) is 0 Å². The monoisotopic (exact) mass is 357 g/mol. The van der Waals surface area contributed by atoms with Crippen LogP contribution in [-0.4, -0.2) is 17.3 Å². The summed E-state index contributed by atoms with van der Waals surface area (Å²) in [4.78, 5) is 0. The zero-order valence-electron chi connectivity index (χ0n) is 12.2. The van der Waals surface area contributed by atoms with Crippen LogP contribution in [0.5, 0.6) is 0 Å². The van der Waals surface area contributed by atoms with E-state index in [1.807, 2.05) is 0 Å². The maximum absolute atomic E-state index is 2.41. The lowest BCUT2D eigenvalue weighted by molar-refractivity contribution is -0.403. The molecular weight excluding hydrogens is 333 g/mol. The topological polar surface area (TPSA) is 3.01 Å². The second kappa shape index (κ2) is 5.72. The van der Waals surface area contributed by atoms with Gasteiger partial charge in [0.1, 0.15) is 7.05 Å². The molecule has 1 aromatic carbocycles. The molecule has 18 heavy (non-hydrogen) atoms. The Bertz CT molecular complexity index is 472. The van der Waals surface area contributed by atoms with Crippen LogP contribution in [-0.2, 0) is 11.8 Å². The zero-order valence-corrected chi connectivity index (χ0v) is 14.3.